The second kappa shape index (κ2) is 5.96. The predicted molar refractivity (Wildman–Crippen MR) is 76.5 cm³/mol. The summed E-state index contributed by atoms with van der Waals surface area (Å²) in [6.45, 7) is 1.70. The molecule has 0 aliphatic rings. The van der Waals surface area contributed by atoms with Gasteiger partial charge in [0.1, 0.15) is 0 Å². The molecule has 8 heteroatoms. The zero-order valence-corrected chi connectivity index (χ0v) is 12.3. The molecule has 110 valence electrons. The van der Waals surface area contributed by atoms with Crippen molar-refractivity contribution < 1.29 is 14.8 Å². The maximum atomic E-state index is 11.0. The molecule has 0 bridgehead atoms. The lowest BCUT2D eigenvalue weighted by atomic mass is 10.2. The number of imidazole rings is 1. The van der Waals surface area contributed by atoms with Gasteiger partial charge in [0.2, 0.25) is 5.82 Å². The summed E-state index contributed by atoms with van der Waals surface area (Å²) < 4.78 is 1.66. The van der Waals surface area contributed by atoms with Gasteiger partial charge in [0.15, 0.2) is 5.03 Å². The van der Waals surface area contributed by atoms with Crippen molar-refractivity contribution in [2.24, 2.45) is 7.05 Å². The highest BCUT2D eigenvalue weighted by Crippen LogP contribution is 2.34. The Hall–Kier alpha value is -2.35. The summed E-state index contributed by atoms with van der Waals surface area (Å²) in [6, 6.07) is 6.89. The highest BCUT2D eigenvalue weighted by atomic mass is 32.2. The number of aryl methyl sites for hydroxylation is 1. The van der Waals surface area contributed by atoms with E-state index in [-0.39, 0.29) is 12.2 Å². The number of benzene rings is 1. The normalized spacial score (nSPS) is 10.6. The molecule has 0 spiro atoms. The molecular formula is C13H13N3O4S. The number of carboxylic acid groups (broad SMARTS) is 1. The first-order valence-corrected chi connectivity index (χ1v) is 6.86. The third-order valence-electron chi connectivity index (χ3n) is 2.92. The summed E-state index contributed by atoms with van der Waals surface area (Å²) in [5.41, 5.74) is 0.683. The summed E-state index contributed by atoms with van der Waals surface area (Å²) in [4.78, 5) is 25.8. The third-order valence-corrected chi connectivity index (χ3v) is 4.07. The fourth-order valence-electron chi connectivity index (χ4n) is 1.77. The largest absolute Gasteiger partial charge is 0.481 e. The van der Waals surface area contributed by atoms with E-state index >= 15 is 0 Å². The van der Waals surface area contributed by atoms with Crippen molar-refractivity contribution in [2.75, 3.05) is 0 Å². The lowest BCUT2D eigenvalue weighted by Gasteiger charge is -2.04. The quantitative estimate of drug-likeness (QED) is 0.673. The molecule has 0 radical (unpaired) electrons. The number of hydrogen-bond acceptors (Lipinski definition) is 5. The third kappa shape index (κ3) is 3.40. The number of nitro groups is 1. The summed E-state index contributed by atoms with van der Waals surface area (Å²) in [7, 11) is 1.72. The van der Waals surface area contributed by atoms with Gasteiger partial charge in [0.05, 0.1) is 6.42 Å². The Bertz CT molecular complexity index is 694. The van der Waals surface area contributed by atoms with Gasteiger partial charge in [-0.15, -0.1) is 0 Å². The summed E-state index contributed by atoms with van der Waals surface area (Å²) in [5.74, 6) is -0.505. The number of nitrogens with zero attached hydrogens (tertiary/aromatic N) is 3. The van der Waals surface area contributed by atoms with Gasteiger partial charge >= 0.3 is 11.8 Å². The summed E-state index contributed by atoms with van der Waals surface area (Å²) in [6.07, 6.45) is -0.0457. The van der Waals surface area contributed by atoms with Crippen molar-refractivity contribution >= 4 is 23.5 Å². The Balaban J connectivity index is 2.26. The molecule has 2 rings (SSSR count). The number of aromatic nitrogens is 2. The van der Waals surface area contributed by atoms with Gasteiger partial charge in [0.25, 0.3) is 0 Å². The van der Waals surface area contributed by atoms with Crippen LogP contribution in [0.15, 0.2) is 34.2 Å². The van der Waals surface area contributed by atoms with E-state index in [2.05, 4.69) is 4.98 Å². The van der Waals surface area contributed by atoms with E-state index < -0.39 is 10.9 Å². The predicted octanol–water partition coefficient (Wildman–Crippen LogP) is 2.42. The molecule has 1 aromatic heterocycles. The van der Waals surface area contributed by atoms with Crippen LogP contribution in [0.5, 0.6) is 0 Å². The fraction of sp³-hybridized carbons (Fsp3) is 0.231. The molecule has 0 amide bonds. The lowest BCUT2D eigenvalue weighted by molar-refractivity contribution is -0.392. The minimum atomic E-state index is -0.895. The van der Waals surface area contributed by atoms with Crippen LogP contribution in [0.4, 0.5) is 5.82 Å². The SMILES string of the molecule is Cc1nc([N+](=O)[O-])c(Sc2ccc(CC(=O)O)cc2)n1C. The molecule has 1 heterocycles. The van der Waals surface area contributed by atoms with Gasteiger partial charge in [-0.05, 0) is 27.6 Å². The van der Waals surface area contributed by atoms with Crippen molar-refractivity contribution in [3.05, 3.63) is 45.8 Å². The van der Waals surface area contributed by atoms with E-state index in [0.717, 1.165) is 4.90 Å². The molecule has 21 heavy (non-hydrogen) atoms. The number of hydrogen-bond donors (Lipinski definition) is 1. The van der Waals surface area contributed by atoms with E-state index in [4.69, 9.17) is 5.11 Å². The van der Waals surface area contributed by atoms with Gasteiger partial charge in [-0.25, -0.2) is 0 Å². The van der Waals surface area contributed by atoms with E-state index in [0.29, 0.717) is 16.4 Å². The highest BCUT2D eigenvalue weighted by Gasteiger charge is 2.24. The van der Waals surface area contributed by atoms with Crippen molar-refractivity contribution in [2.45, 2.75) is 23.3 Å². The van der Waals surface area contributed by atoms with Crippen molar-refractivity contribution in [3.8, 4) is 0 Å². The van der Waals surface area contributed by atoms with E-state index in [1.807, 2.05) is 0 Å². The zero-order chi connectivity index (χ0) is 15.6. The number of carboxylic acids is 1. The Morgan fingerprint density at radius 3 is 2.57 bits per heavy atom. The maximum absolute atomic E-state index is 11.0. The van der Waals surface area contributed by atoms with Crippen LogP contribution in [0.1, 0.15) is 11.4 Å². The van der Waals surface area contributed by atoms with Crippen molar-refractivity contribution in [3.63, 3.8) is 0 Å². The molecule has 1 N–H and O–H groups in total. The molecule has 1 aromatic carbocycles. The Kier molecular flexibility index (Phi) is 4.27. The smallest absolute Gasteiger partial charge is 0.396 e. The number of carbonyl (C=O) groups is 1. The summed E-state index contributed by atoms with van der Waals surface area (Å²) >= 11 is 1.23. The second-order valence-electron chi connectivity index (χ2n) is 4.42. The molecule has 0 saturated heterocycles. The monoisotopic (exact) mass is 307 g/mol. The molecule has 0 unspecified atom stereocenters. The second-order valence-corrected chi connectivity index (χ2v) is 5.48. The minimum Gasteiger partial charge on any atom is -0.481 e. The molecule has 7 nitrogen and oxygen atoms in total. The van der Waals surface area contributed by atoms with Gasteiger partial charge in [-0.1, -0.05) is 23.9 Å². The fourth-order valence-corrected chi connectivity index (χ4v) is 2.74. The first-order valence-electron chi connectivity index (χ1n) is 6.04. The van der Waals surface area contributed by atoms with Crippen LogP contribution in [-0.4, -0.2) is 25.6 Å². The highest BCUT2D eigenvalue weighted by molar-refractivity contribution is 7.99. The van der Waals surface area contributed by atoms with Crippen LogP contribution in [-0.2, 0) is 18.3 Å². The first kappa shape index (κ1) is 15.0. The van der Waals surface area contributed by atoms with Crippen LogP contribution < -0.4 is 0 Å². The molecular weight excluding hydrogens is 294 g/mol. The van der Waals surface area contributed by atoms with E-state index in [1.54, 1.807) is 42.8 Å². The number of rotatable bonds is 5. The van der Waals surface area contributed by atoms with Gasteiger partial charge in [0, 0.05) is 18.9 Å². The van der Waals surface area contributed by atoms with Crippen LogP contribution in [0.3, 0.4) is 0 Å². The summed E-state index contributed by atoms with van der Waals surface area (Å²) in [5, 5.41) is 20.2. The Labute approximate surface area is 124 Å². The molecule has 0 atom stereocenters. The molecule has 0 saturated carbocycles. The zero-order valence-electron chi connectivity index (χ0n) is 11.4. The molecule has 2 aromatic rings. The molecule has 0 aliphatic heterocycles. The van der Waals surface area contributed by atoms with Gasteiger partial charge < -0.3 is 15.2 Å². The maximum Gasteiger partial charge on any atom is 0.396 e. The van der Waals surface area contributed by atoms with E-state index in [1.165, 1.54) is 11.8 Å². The van der Waals surface area contributed by atoms with Crippen molar-refractivity contribution in [1.82, 2.24) is 9.55 Å². The standard InChI is InChI=1S/C13H13N3O4S/c1-8-14-12(16(19)20)13(15(8)2)21-10-5-3-9(4-6-10)7-11(17)18/h3-6H,7H2,1-2H3,(H,17,18). The van der Waals surface area contributed by atoms with Gasteiger partial charge in [-0.3, -0.25) is 9.36 Å². The molecule has 0 fully saturated rings. The van der Waals surface area contributed by atoms with Crippen LogP contribution >= 0.6 is 11.8 Å². The van der Waals surface area contributed by atoms with Crippen LogP contribution in [0.25, 0.3) is 0 Å². The van der Waals surface area contributed by atoms with Crippen LogP contribution in [0.2, 0.25) is 0 Å². The number of aliphatic carboxylic acids is 1. The van der Waals surface area contributed by atoms with Crippen LogP contribution in [0, 0.1) is 17.0 Å². The average Bonchev–Trinajstić information content (AvgIpc) is 2.69. The molecule has 0 aliphatic carbocycles. The van der Waals surface area contributed by atoms with Gasteiger partial charge in [-0.2, -0.15) is 0 Å². The Morgan fingerprint density at radius 2 is 2.05 bits per heavy atom. The average molecular weight is 307 g/mol. The van der Waals surface area contributed by atoms with E-state index in [9.17, 15) is 14.9 Å². The minimum absolute atomic E-state index is 0.0457. The Morgan fingerprint density at radius 1 is 1.43 bits per heavy atom. The lowest BCUT2D eigenvalue weighted by Crippen LogP contribution is -1.99. The first-order chi connectivity index (χ1) is 9.88. The van der Waals surface area contributed by atoms with Crippen molar-refractivity contribution in [1.29, 1.82) is 0 Å². The topological polar surface area (TPSA) is 98.3 Å².